The average Bonchev–Trinajstić information content (AvgIpc) is 2.97. The first-order valence-electron chi connectivity index (χ1n) is 8.77. The van der Waals surface area contributed by atoms with Crippen molar-refractivity contribution in [2.24, 2.45) is 0 Å². The van der Waals surface area contributed by atoms with E-state index in [9.17, 15) is 24.6 Å². The maximum atomic E-state index is 12.7. The zero-order chi connectivity index (χ0) is 21.1. The van der Waals surface area contributed by atoms with Crippen molar-refractivity contribution in [2.45, 2.75) is 12.5 Å². The Balaban J connectivity index is 2.18. The summed E-state index contributed by atoms with van der Waals surface area (Å²) in [5.74, 6) is -3.32. The first-order chi connectivity index (χ1) is 13.8. The molecule has 150 valence electrons. The van der Waals surface area contributed by atoms with Crippen LogP contribution in [0.25, 0.3) is 5.76 Å². The van der Waals surface area contributed by atoms with Gasteiger partial charge in [0.15, 0.2) is 11.5 Å². The van der Waals surface area contributed by atoms with Gasteiger partial charge >= 0.3 is 5.97 Å². The van der Waals surface area contributed by atoms with Crippen LogP contribution < -0.4 is 4.74 Å². The maximum absolute atomic E-state index is 12.7. The number of aromatic hydroxyl groups is 1. The Labute approximate surface area is 166 Å². The molecule has 3 N–H and O–H groups in total. The Bertz CT molecular complexity index is 997. The number of carbonyl (C=O) groups is 3. The smallest absolute Gasteiger partial charge is 0.305 e. The first kappa shape index (κ1) is 19.9. The van der Waals surface area contributed by atoms with E-state index >= 15 is 0 Å². The number of Topliss-reactive ketones (excluding diaryl/α,β-unsaturated/α-hetero) is 1. The molecule has 1 amide bonds. The molecule has 0 saturated carbocycles. The molecule has 0 spiro atoms. The molecule has 2 aromatic carbocycles. The fraction of sp³-hybridized carbons (Fsp3) is 0.190. The van der Waals surface area contributed by atoms with E-state index < -0.39 is 23.7 Å². The van der Waals surface area contributed by atoms with E-state index in [1.54, 1.807) is 30.3 Å². The van der Waals surface area contributed by atoms with Crippen molar-refractivity contribution in [2.75, 3.05) is 13.7 Å². The van der Waals surface area contributed by atoms with Crippen LogP contribution in [0, 0.1) is 0 Å². The summed E-state index contributed by atoms with van der Waals surface area (Å²) in [5, 5.41) is 29.7. The van der Waals surface area contributed by atoms with Crippen LogP contribution in [0.4, 0.5) is 0 Å². The summed E-state index contributed by atoms with van der Waals surface area (Å²) in [6, 6.07) is 11.5. The van der Waals surface area contributed by atoms with E-state index in [0.717, 1.165) is 4.90 Å². The van der Waals surface area contributed by atoms with E-state index in [2.05, 4.69) is 0 Å². The van der Waals surface area contributed by atoms with E-state index in [1.807, 2.05) is 0 Å². The number of aliphatic carboxylic acids is 1. The van der Waals surface area contributed by atoms with Gasteiger partial charge < -0.3 is 25.0 Å². The van der Waals surface area contributed by atoms with Crippen molar-refractivity contribution in [1.82, 2.24) is 4.90 Å². The SMILES string of the molecule is COc1cc([C@H]2C(=C(O)c3ccccc3)C(=O)C(=O)N2CCC(=O)O)ccc1O. The number of nitrogens with zero attached hydrogens (tertiary/aromatic N) is 1. The van der Waals surface area contributed by atoms with Crippen LogP contribution in [0.3, 0.4) is 0 Å². The molecular weight excluding hydrogens is 378 g/mol. The number of rotatable bonds is 6. The zero-order valence-corrected chi connectivity index (χ0v) is 15.5. The molecule has 29 heavy (non-hydrogen) atoms. The Morgan fingerprint density at radius 2 is 1.79 bits per heavy atom. The van der Waals surface area contributed by atoms with Crippen molar-refractivity contribution in [3.63, 3.8) is 0 Å². The molecule has 3 rings (SSSR count). The molecule has 1 aliphatic heterocycles. The van der Waals surface area contributed by atoms with Crippen LogP contribution in [-0.2, 0) is 14.4 Å². The van der Waals surface area contributed by atoms with Gasteiger partial charge in [-0.05, 0) is 17.7 Å². The fourth-order valence-corrected chi connectivity index (χ4v) is 3.29. The van der Waals surface area contributed by atoms with Crippen LogP contribution in [0.15, 0.2) is 54.1 Å². The summed E-state index contributed by atoms with van der Waals surface area (Å²) in [6.45, 7) is -0.223. The van der Waals surface area contributed by atoms with Crippen LogP contribution in [0.2, 0.25) is 0 Å². The fourth-order valence-electron chi connectivity index (χ4n) is 3.29. The van der Waals surface area contributed by atoms with Gasteiger partial charge in [-0.15, -0.1) is 0 Å². The minimum Gasteiger partial charge on any atom is -0.507 e. The molecule has 0 aliphatic carbocycles. The summed E-state index contributed by atoms with van der Waals surface area (Å²) >= 11 is 0. The van der Waals surface area contributed by atoms with Gasteiger partial charge in [-0.3, -0.25) is 14.4 Å². The largest absolute Gasteiger partial charge is 0.507 e. The molecule has 1 aliphatic rings. The number of aliphatic hydroxyl groups is 1. The number of carboxylic acids is 1. The predicted octanol–water partition coefficient (Wildman–Crippen LogP) is 2.30. The number of likely N-dealkylation sites (tertiary alicyclic amines) is 1. The van der Waals surface area contributed by atoms with E-state index in [0.29, 0.717) is 11.1 Å². The molecule has 0 aromatic heterocycles. The molecule has 8 heteroatoms. The minimum absolute atomic E-state index is 0.117. The monoisotopic (exact) mass is 397 g/mol. The van der Waals surface area contributed by atoms with E-state index in [1.165, 1.54) is 25.3 Å². The van der Waals surface area contributed by atoms with Crippen LogP contribution in [0.5, 0.6) is 11.5 Å². The second-order valence-electron chi connectivity index (χ2n) is 6.43. The van der Waals surface area contributed by atoms with Crippen molar-refractivity contribution < 1.29 is 34.4 Å². The predicted molar refractivity (Wildman–Crippen MR) is 102 cm³/mol. The zero-order valence-electron chi connectivity index (χ0n) is 15.5. The summed E-state index contributed by atoms with van der Waals surface area (Å²) < 4.78 is 5.10. The number of benzene rings is 2. The number of methoxy groups -OCH3 is 1. The number of carbonyl (C=O) groups excluding carboxylic acids is 2. The van der Waals surface area contributed by atoms with Gasteiger partial charge in [0, 0.05) is 12.1 Å². The number of ketones is 1. The number of hydrogen-bond acceptors (Lipinski definition) is 6. The van der Waals surface area contributed by atoms with Gasteiger partial charge in [0.2, 0.25) is 0 Å². The molecule has 8 nitrogen and oxygen atoms in total. The third-order valence-corrected chi connectivity index (χ3v) is 4.67. The molecule has 0 bridgehead atoms. The Hall–Kier alpha value is -3.81. The van der Waals surface area contributed by atoms with Crippen molar-refractivity contribution in [3.05, 3.63) is 65.2 Å². The van der Waals surface area contributed by atoms with Gasteiger partial charge in [0.05, 0.1) is 25.1 Å². The number of phenols is 1. The topological polar surface area (TPSA) is 124 Å². The van der Waals surface area contributed by atoms with Gasteiger partial charge in [0.1, 0.15) is 5.76 Å². The molecule has 1 fully saturated rings. The lowest BCUT2D eigenvalue weighted by molar-refractivity contribution is -0.142. The second kappa shape index (κ2) is 8.05. The number of amides is 1. The van der Waals surface area contributed by atoms with Crippen molar-refractivity contribution in [3.8, 4) is 11.5 Å². The highest BCUT2D eigenvalue weighted by molar-refractivity contribution is 6.46. The van der Waals surface area contributed by atoms with Gasteiger partial charge in [-0.1, -0.05) is 36.4 Å². The summed E-state index contributed by atoms with van der Waals surface area (Å²) in [4.78, 5) is 37.5. The molecule has 0 radical (unpaired) electrons. The summed E-state index contributed by atoms with van der Waals surface area (Å²) in [5.41, 5.74) is 0.584. The Morgan fingerprint density at radius 3 is 2.41 bits per heavy atom. The highest BCUT2D eigenvalue weighted by Gasteiger charge is 2.46. The molecule has 1 heterocycles. The third kappa shape index (κ3) is 3.77. The number of phenolic OH excluding ortho intramolecular Hbond substituents is 1. The Morgan fingerprint density at radius 1 is 1.10 bits per heavy atom. The lowest BCUT2D eigenvalue weighted by atomic mass is 9.95. The molecule has 1 atom stereocenters. The molecule has 1 saturated heterocycles. The number of hydrogen-bond donors (Lipinski definition) is 3. The molecular formula is C21H19NO7. The molecule has 2 aromatic rings. The maximum Gasteiger partial charge on any atom is 0.305 e. The average molecular weight is 397 g/mol. The van der Waals surface area contributed by atoms with Crippen molar-refractivity contribution in [1.29, 1.82) is 0 Å². The summed E-state index contributed by atoms with van der Waals surface area (Å²) in [7, 11) is 1.35. The van der Waals surface area contributed by atoms with E-state index in [4.69, 9.17) is 9.84 Å². The number of carboxylic acid groups (broad SMARTS) is 1. The van der Waals surface area contributed by atoms with E-state index in [-0.39, 0.29) is 35.8 Å². The van der Waals surface area contributed by atoms with Crippen molar-refractivity contribution >= 4 is 23.4 Å². The lowest BCUT2D eigenvalue weighted by Crippen LogP contribution is -2.31. The highest BCUT2D eigenvalue weighted by atomic mass is 16.5. The molecule has 0 unspecified atom stereocenters. The summed E-state index contributed by atoms with van der Waals surface area (Å²) in [6.07, 6.45) is -0.371. The lowest BCUT2D eigenvalue weighted by Gasteiger charge is -2.25. The van der Waals surface area contributed by atoms with Gasteiger partial charge in [-0.2, -0.15) is 0 Å². The van der Waals surface area contributed by atoms with Crippen LogP contribution in [-0.4, -0.2) is 51.5 Å². The first-order valence-corrected chi connectivity index (χ1v) is 8.77. The quantitative estimate of drug-likeness (QED) is 0.388. The number of aliphatic hydroxyl groups excluding tert-OH is 1. The highest BCUT2D eigenvalue weighted by Crippen LogP contribution is 2.41. The standard InChI is InChI=1S/C21H19NO7/c1-29-15-11-13(7-8-14(15)23)18-17(19(26)12-5-3-2-4-6-12)20(27)21(28)22(18)10-9-16(24)25/h2-8,11,18,23,26H,9-10H2,1H3,(H,24,25)/t18-/m0/s1. The van der Waals surface area contributed by atoms with Gasteiger partial charge in [-0.25, -0.2) is 0 Å². The third-order valence-electron chi connectivity index (χ3n) is 4.67. The Kier molecular flexibility index (Phi) is 5.54. The van der Waals surface area contributed by atoms with Gasteiger partial charge in [0.25, 0.3) is 11.7 Å². The van der Waals surface area contributed by atoms with Crippen LogP contribution in [0.1, 0.15) is 23.6 Å². The normalized spacial score (nSPS) is 18.1. The second-order valence-corrected chi connectivity index (χ2v) is 6.43. The number of ether oxygens (including phenoxy) is 1. The minimum atomic E-state index is -1.13. The van der Waals surface area contributed by atoms with Crippen LogP contribution >= 0.6 is 0 Å².